The molecule has 3 rings (SSSR count). The summed E-state index contributed by atoms with van der Waals surface area (Å²) in [7, 11) is 0. The van der Waals surface area contributed by atoms with Crippen LogP contribution in [0, 0.1) is 11.3 Å². The van der Waals surface area contributed by atoms with Gasteiger partial charge in [0.15, 0.2) is 0 Å². The number of piperidine rings is 1. The van der Waals surface area contributed by atoms with Crippen molar-refractivity contribution in [3.8, 4) is 6.07 Å². The fourth-order valence-corrected chi connectivity index (χ4v) is 3.56. The van der Waals surface area contributed by atoms with Crippen LogP contribution in [0.3, 0.4) is 0 Å². The molecule has 128 valence electrons. The Balaban J connectivity index is 1.64. The Morgan fingerprint density at radius 1 is 1.33 bits per heavy atom. The van der Waals surface area contributed by atoms with Crippen molar-refractivity contribution in [1.29, 1.82) is 5.26 Å². The summed E-state index contributed by atoms with van der Waals surface area (Å²) in [6, 6.07) is 8.66. The minimum atomic E-state index is -1.16. The molecule has 0 aromatic heterocycles. The molecule has 6 nitrogen and oxygen atoms in total. The van der Waals surface area contributed by atoms with Crippen LogP contribution in [0.25, 0.3) is 0 Å². The van der Waals surface area contributed by atoms with Gasteiger partial charge in [-0.25, -0.2) is 0 Å². The summed E-state index contributed by atoms with van der Waals surface area (Å²) in [6.07, 6.45) is 0.775. The van der Waals surface area contributed by atoms with Crippen molar-refractivity contribution >= 4 is 5.91 Å². The SMILES string of the molecule is C[C@]1(O)CC2(CCN(C(=O)c3ccc(C#N)cc3)CC2)OC[C@@H]1O. The molecule has 24 heavy (non-hydrogen) atoms. The summed E-state index contributed by atoms with van der Waals surface area (Å²) in [6.45, 7) is 2.85. The molecule has 2 aliphatic rings. The Morgan fingerprint density at radius 3 is 2.50 bits per heavy atom. The van der Waals surface area contributed by atoms with Gasteiger partial charge in [-0.2, -0.15) is 5.26 Å². The van der Waals surface area contributed by atoms with Crippen LogP contribution >= 0.6 is 0 Å². The molecule has 2 saturated heterocycles. The summed E-state index contributed by atoms with van der Waals surface area (Å²) >= 11 is 0. The van der Waals surface area contributed by atoms with Gasteiger partial charge < -0.3 is 19.8 Å². The van der Waals surface area contributed by atoms with E-state index in [1.54, 1.807) is 36.1 Å². The smallest absolute Gasteiger partial charge is 0.253 e. The minimum absolute atomic E-state index is 0.0584. The summed E-state index contributed by atoms with van der Waals surface area (Å²) in [5.74, 6) is -0.0584. The first-order chi connectivity index (χ1) is 11.4. The first-order valence-electron chi connectivity index (χ1n) is 8.19. The van der Waals surface area contributed by atoms with E-state index in [0.717, 1.165) is 0 Å². The highest BCUT2D eigenvalue weighted by Crippen LogP contribution is 2.39. The average Bonchev–Trinajstić information content (AvgIpc) is 2.58. The van der Waals surface area contributed by atoms with E-state index in [-0.39, 0.29) is 12.5 Å². The maximum absolute atomic E-state index is 12.6. The third-order valence-corrected chi connectivity index (χ3v) is 5.17. The zero-order valence-corrected chi connectivity index (χ0v) is 13.7. The van der Waals surface area contributed by atoms with Gasteiger partial charge in [-0.1, -0.05) is 0 Å². The van der Waals surface area contributed by atoms with Crippen molar-refractivity contribution in [2.45, 2.75) is 43.5 Å². The molecule has 2 N–H and O–H groups in total. The number of likely N-dealkylation sites (tertiary alicyclic amines) is 1. The number of hydrogen-bond acceptors (Lipinski definition) is 5. The second-order valence-corrected chi connectivity index (χ2v) is 7.03. The van der Waals surface area contributed by atoms with Crippen molar-refractivity contribution < 1.29 is 19.7 Å². The lowest BCUT2D eigenvalue weighted by Crippen LogP contribution is -2.59. The Kier molecular flexibility index (Phi) is 4.35. The van der Waals surface area contributed by atoms with Crippen molar-refractivity contribution in [1.82, 2.24) is 4.90 Å². The van der Waals surface area contributed by atoms with Gasteiger partial charge in [0, 0.05) is 25.1 Å². The number of aliphatic hydroxyl groups excluding tert-OH is 1. The average molecular weight is 330 g/mol. The van der Waals surface area contributed by atoms with Gasteiger partial charge in [0.05, 0.1) is 29.4 Å². The maximum atomic E-state index is 12.6. The minimum Gasteiger partial charge on any atom is -0.388 e. The molecule has 0 saturated carbocycles. The predicted octanol–water partition coefficient (Wildman–Crippen LogP) is 1.07. The predicted molar refractivity (Wildman–Crippen MR) is 86.2 cm³/mol. The number of aliphatic hydroxyl groups is 2. The van der Waals surface area contributed by atoms with E-state index >= 15 is 0 Å². The number of nitriles is 1. The van der Waals surface area contributed by atoms with Crippen LogP contribution in [0.4, 0.5) is 0 Å². The molecule has 1 amide bonds. The number of rotatable bonds is 1. The lowest BCUT2D eigenvalue weighted by atomic mass is 9.76. The van der Waals surface area contributed by atoms with Gasteiger partial charge in [0.25, 0.3) is 5.91 Å². The van der Waals surface area contributed by atoms with Crippen molar-refractivity contribution in [2.24, 2.45) is 0 Å². The Labute approximate surface area is 141 Å². The van der Waals surface area contributed by atoms with Gasteiger partial charge in [0.1, 0.15) is 6.10 Å². The standard InChI is InChI=1S/C18H22N2O4/c1-17(23)12-18(24-11-15(17)21)6-8-20(9-7-18)16(22)14-4-2-13(10-19)3-5-14/h2-5,15,21,23H,6-9,11-12H2,1H3/t15-,17-/m0/s1. The summed E-state index contributed by atoms with van der Waals surface area (Å²) < 4.78 is 5.83. The molecule has 1 aromatic rings. The molecule has 2 fully saturated rings. The fraction of sp³-hybridized carbons (Fsp3) is 0.556. The summed E-state index contributed by atoms with van der Waals surface area (Å²) in [5.41, 5.74) is -0.528. The largest absolute Gasteiger partial charge is 0.388 e. The Hall–Kier alpha value is -1.94. The molecule has 1 spiro atoms. The van der Waals surface area contributed by atoms with Crippen LogP contribution < -0.4 is 0 Å². The number of carbonyl (C=O) groups excluding carboxylic acids is 1. The first-order valence-corrected chi connectivity index (χ1v) is 8.19. The molecular formula is C18H22N2O4. The third kappa shape index (κ3) is 3.16. The Bertz CT molecular complexity index is 655. The molecule has 1 aromatic carbocycles. The van der Waals surface area contributed by atoms with Crippen LogP contribution in [-0.4, -0.2) is 58.0 Å². The third-order valence-electron chi connectivity index (χ3n) is 5.17. The van der Waals surface area contributed by atoms with E-state index < -0.39 is 17.3 Å². The van der Waals surface area contributed by atoms with Crippen molar-refractivity contribution in [3.63, 3.8) is 0 Å². The quantitative estimate of drug-likeness (QED) is 0.803. The number of carbonyl (C=O) groups is 1. The molecule has 0 unspecified atom stereocenters. The van der Waals surface area contributed by atoms with Gasteiger partial charge >= 0.3 is 0 Å². The number of amides is 1. The molecule has 0 aliphatic carbocycles. The first kappa shape index (κ1) is 16.9. The lowest BCUT2D eigenvalue weighted by Gasteiger charge is -2.49. The van der Waals surface area contributed by atoms with Crippen molar-refractivity contribution in [3.05, 3.63) is 35.4 Å². The highest BCUT2D eigenvalue weighted by Gasteiger charge is 2.48. The molecule has 6 heteroatoms. The van der Waals surface area contributed by atoms with Crippen LogP contribution in [0.15, 0.2) is 24.3 Å². The second kappa shape index (κ2) is 6.17. The van der Waals surface area contributed by atoms with Gasteiger partial charge in [-0.3, -0.25) is 4.79 Å². The van der Waals surface area contributed by atoms with E-state index in [1.807, 2.05) is 6.07 Å². The van der Waals surface area contributed by atoms with E-state index in [1.165, 1.54) is 0 Å². The van der Waals surface area contributed by atoms with Crippen LogP contribution in [0.5, 0.6) is 0 Å². The molecule has 0 bridgehead atoms. The van der Waals surface area contributed by atoms with E-state index in [9.17, 15) is 15.0 Å². The van der Waals surface area contributed by atoms with Crippen LogP contribution in [0.2, 0.25) is 0 Å². The lowest BCUT2D eigenvalue weighted by molar-refractivity contribution is -0.221. The molecule has 2 aliphatic heterocycles. The molecule has 0 radical (unpaired) electrons. The van der Waals surface area contributed by atoms with Gasteiger partial charge in [-0.05, 0) is 44.0 Å². The molecule has 2 heterocycles. The number of nitrogens with zero attached hydrogens (tertiary/aromatic N) is 2. The highest BCUT2D eigenvalue weighted by atomic mass is 16.5. The monoisotopic (exact) mass is 330 g/mol. The van der Waals surface area contributed by atoms with Gasteiger partial charge in [0.2, 0.25) is 0 Å². The van der Waals surface area contributed by atoms with Crippen LogP contribution in [0.1, 0.15) is 42.1 Å². The maximum Gasteiger partial charge on any atom is 0.253 e. The Morgan fingerprint density at radius 2 is 1.96 bits per heavy atom. The zero-order chi connectivity index (χ0) is 17.4. The molecular weight excluding hydrogens is 308 g/mol. The van der Waals surface area contributed by atoms with Crippen LogP contribution in [-0.2, 0) is 4.74 Å². The van der Waals surface area contributed by atoms with E-state index in [0.29, 0.717) is 43.5 Å². The number of hydrogen-bond donors (Lipinski definition) is 2. The normalized spacial score (nSPS) is 29.2. The number of ether oxygens (including phenoxy) is 1. The number of benzene rings is 1. The zero-order valence-electron chi connectivity index (χ0n) is 13.7. The summed E-state index contributed by atoms with van der Waals surface area (Å²) in [4.78, 5) is 14.3. The topological polar surface area (TPSA) is 93.8 Å². The van der Waals surface area contributed by atoms with Crippen molar-refractivity contribution in [2.75, 3.05) is 19.7 Å². The van der Waals surface area contributed by atoms with E-state index in [2.05, 4.69) is 0 Å². The summed E-state index contributed by atoms with van der Waals surface area (Å²) in [5, 5.41) is 29.0. The van der Waals surface area contributed by atoms with E-state index in [4.69, 9.17) is 10.00 Å². The fourth-order valence-electron chi connectivity index (χ4n) is 3.56. The van der Waals surface area contributed by atoms with Gasteiger partial charge in [-0.15, -0.1) is 0 Å². The highest BCUT2D eigenvalue weighted by molar-refractivity contribution is 5.94. The second-order valence-electron chi connectivity index (χ2n) is 7.03. The molecule has 2 atom stereocenters.